The van der Waals surface area contributed by atoms with E-state index in [-0.39, 0.29) is 11.7 Å². The van der Waals surface area contributed by atoms with E-state index < -0.39 is 0 Å². The Morgan fingerprint density at radius 2 is 2.03 bits per heavy atom. The van der Waals surface area contributed by atoms with Gasteiger partial charge in [0.05, 0.1) is 17.9 Å². The smallest absolute Gasteiger partial charge is 0.234 e. The summed E-state index contributed by atoms with van der Waals surface area (Å²) in [6, 6.07) is 12.5. The average Bonchev–Trinajstić information content (AvgIpc) is 3.39. The maximum atomic E-state index is 12.1. The predicted molar refractivity (Wildman–Crippen MR) is 113 cm³/mol. The van der Waals surface area contributed by atoms with Crippen LogP contribution < -0.4 is 5.32 Å². The molecule has 0 unspecified atom stereocenters. The number of hydrogen-bond donors (Lipinski definition) is 1. The van der Waals surface area contributed by atoms with E-state index in [1.54, 1.807) is 30.5 Å². The van der Waals surface area contributed by atoms with Gasteiger partial charge in [-0.3, -0.25) is 9.78 Å². The van der Waals surface area contributed by atoms with E-state index in [2.05, 4.69) is 25.4 Å². The van der Waals surface area contributed by atoms with E-state index >= 15 is 0 Å². The Kier molecular flexibility index (Phi) is 6.18. The number of thioether (sulfide) groups is 1. The van der Waals surface area contributed by atoms with Crippen LogP contribution in [0.5, 0.6) is 0 Å². The Morgan fingerprint density at radius 1 is 1.17 bits per heavy atom. The number of thiazole rings is 1. The number of nitrogens with zero attached hydrogens (tertiary/aromatic N) is 4. The van der Waals surface area contributed by atoms with Crippen molar-refractivity contribution in [1.29, 1.82) is 0 Å². The van der Waals surface area contributed by atoms with Crippen molar-refractivity contribution >= 4 is 46.3 Å². The van der Waals surface area contributed by atoms with Gasteiger partial charge in [0.15, 0.2) is 4.34 Å². The van der Waals surface area contributed by atoms with Crippen molar-refractivity contribution < 1.29 is 9.32 Å². The van der Waals surface area contributed by atoms with Gasteiger partial charge in [0.25, 0.3) is 0 Å². The standard InChI is InChI=1S/C19H14ClN5O2S2/c20-12-4-6-13(7-5-12)22-16(26)11-29-19-23-14(10-28-19)9-17-24-18(25-27-17)15-3-1-2-8-21-15/h1-8,10H,9,11H2,(H,22,26). The van der Waals surface area contributed by atoms with Gasteiger partial charge in [0.2, 0.25) is 17.6 Å². The van der Waals surface area contributed by atoms with Gasteiger partial charge in [-0.05, 0) is 36.4 Å². The Bertz CT molecular complexity index is 1100. The van der Waals surface area contributed by atoms with Crippen molar-refractivity contribution in [2.24, 2.45) is 0 Å². The molecule has 7 nitrogen and oxygen atoms in total. The van der Waals surface area contributed by atoms with Gasteiger partial charge in [0.1, 0.15) is 5.69 Å². The lowest BCUT2D eigenvalue weighted by atomic mass is 10.3. The predicted octanol–water partition coefficient (Wildman–Crippen LogP) is 4.56. The molecule has 0 aliphatic heterocycles. The lowest BCUT2D eigenvalue weighted by Crippen LogP contribution is -2.13. The molecule has 1 N–H and O–H groups in total. The quantitative estimate of drug-likeness (QED) is 0.418. The fourth-order valence-electron chi connectivity index (χ4n) is 2.37. The normalized spacial score (nSPS) is 10.8. The number of aromatic nitrogens is 4. The van der Waals surface area contributed by atoms with Crippen molar-refractivity contribution in [3.63, 3.8) is 0 Å². The molecule has 0 atom stereocenters. The monoisotopic (exact) mass is 443 g/mol. The Hall–Kier alpha value is -2.75. The van der Waals surface area contributed by atoms with E-state index in [0.29, 0.717) is 34.5 Å². The second-order valence-corrected chi connectivity index (χ2v) is 8.37. The maximum absolute atomic E-state index is 12.1. The highest BCUT2D eigenvalue weighted by Crippen LogP contribution is 2.24. The van der Waals surface area contributed by atoms with Gasteiger partial charge in [-0.2, -0.15) is 4.98 Å². The third-order valence-corrected chi connectivity index (χ3v) is 6.00. The summed E-state index contributed by atoms with van der Waals surface area (Å²) in [5.74, 6) is 1.07. The van der Waals surface area contributed by atoms with E-state index in [0.717, 1.165) is 10.0 Å². The Morgan fingerprint density at radius 3 is 2.83 bits per heavy atom. The number of pyridine rings is 1. The molecule has 0 aliphatic carbocycles. The molecule has 0 saturated heterocycles. The van der Waals surface area contributed by atoms with Crippen molar-refractivity contribution in [1.82, 2.24) is 20.1 Å². The highest BCUT2D eigenvalue weighted by atomic mass is 35.5. The summed E-state index contributed by atoms with van der Waals surface area (Å²) in [5.41, 5.74) is 2.18. The molecule has 0 fully saturated rings. The highest BCUT2D eigenvalue weighted by molar-refractivity contribution is 8.01. The minimum atomic E-state index is -0.106. The number of carbonyl (C=O) groups excluding carboxylic acids is 1. The van der Waals surface area contributed by atoms with Crippen molar-refractivity contribution in [2.45, 2.75) is 10.8 Å². The number of halogens is 1. The summed E-state index contributed by atoms with van der Waals surface area (Å²) in [7, 11) is 0. The lowest BCUT2D eigenvalue weighted by Gasteiger charge is -2.03. The summed E-state index contributed by atoms with van der Waals surface area (Å²) in [4.78, 5) is 25.2. The van der Waals surface area contributed by atoms with Gasteiger partial charge < -0.3 is 9.84 Å². The second-order valence-electron chi connectivity index (χ2n) is 5.85. The van der Waals surface area contributed by atoms with Gasteiger partial charge in [0, 0.05) is 22.3 Å². The molecule has 3 aromatic heterocycles. The first kappa shape index (κ1) is 19.6. The summed E-state index contributed by atoms with van der Waals surface area (Å²) in [6.45, 7) is 0. The molecule has 0 radical (unpaired) electrons. The molecular formula is C19H14ClN5O2S2. The fourth-order valence-corrected chi connectivity index (χ4v) is 4.14. The number of benzene rings is 1. The minimum absolute atomic E-state index is 0.106. The molecule has 0 saturated carbocycles. The van der Waals surface area contributed by atoms with Crippen LogP contribution in [0.2, 0.25) is 5.02 Å². The van der Waals surface area contributed by atoms with E-state index in [1.165, 1.54) is 23.1 Å². The van der Waals surface area contributed by atoms with Crippen LogP contribution in [0.25, 0.3) is 11.5 Å². The molecule has 1 aromatic carbocycles. The SMILES string of the molecule is O=C(CSc1nc(Cc2nc(-c3ccccn3)no2)cs1)Nc1ccc(Cl)cc1. The van der Waals surface area contributed by atoms with Crippen LogP contribution >= 0.6 is 34.7 Å². The van der Waals surface area contributed by atoms with Crippen LogP contribution in [0, 0.1) is 0 Å². The number of amides is 1. The van der Waals surface area contributed by atoms with E-state index in [9.17, 15) is 4.79 Å². The van der Waals surface area contributed by atoms with Gasteiger partial charge in [-0.25, -0.2) is 4.98 Å². The number of nitrogens with one attached hydrogen (secondary N) is 1. The molecule has 0 bridgehead atoms. The van der Waals surface area contributed by atoms with Crippen molar-refractivity contribution in [3.8, 4) is 11.5 Å². The molecule has 4 rings (SSSR count). The zero-order valence-electron chi connectivity index (χ0n) is 14.9. The molecular weight excluding hydrogens is 430 g/mol. The lowest BCUT2D eigenvalue weighted by molar-refractivity contribution is -0.113. The van der Waals surface area contributed by atoms with Gasteiger partial charge in [-0.1, -0.05) is 34.6 Å². The van der Waals surface area contributed by atoms with Crippen LogP contribution in [-0.2, 0) is 11.2 Å². The van der Waals surface area contributed by atoms with E-state index in [1.807, 2.05) is 23.6 Å². The summed E-state index contributed by atoms with van der Waals surface area (Å²) in [5, 5.41) is 9.33. The van der Waals surface area contributed by atoms with Crippen LogP contribution in [0.4, 0.5) is 5.69 Å². The van der Waals surface area contributed by atoms with Crippen LogP contribution in [-0.4, -0.2) is 31.8 Å². The summed E-state index contributed by atoms with van der Waals surface area (Å²) in [6.07, 6.45) is 2.10. The third-order valence-electron chi connectivity index (χ3n) is 3.68. The Balaban J connectivity index is 1.30. The maximum Gasteiger partial charge on any atom is 0.234 e. The number of anilines is 1. The molecule has 1 amide bonds. The highest BCUT2D eigenvalue weighted by Gasteiger charge is 2.13. The Labute approximate surface area is 179 Å². The molecule has 3 heterocycles. The fraction of sp³-hybridized carbons (Fsp3) is 0.105. The number of hydrogen-bond acceptors (Lipinski definition) is 8. The molecule has 0 aliphatic rings. The van der Waals surface area contributed by atoms with E-state index in [4.69, 9.17) is 16.1 Å². The second kappa shape index (κ2) is 9.17. The molecule has 4 aromatic rings. The van der Waals surface area contributed by atoms with Crippen molar-refractivity contribution in [3.05, 3.63) is 70.6 Å². The topological polar surface area (TPSA) is 93.8 Å². The molecule has 29 heavy (non-hydrogen) atoms. The van der Waals surface area contributed by atoms with Crippen LogP contribution in [0.3, 0.4) is 0 Å². The summed E-state index contributed by atoms with van der Waals surface area (Å²) >= 11 is 8.69. The molecule has 0 spiro atoms. The van der Waals surface area contributed by atoms with Crippen molar-refractivity contribution in [2.75, 3.05) is 11.1 Å². The number of carbonyl (C=O) groups is 1. The van der Waals surface area contributed by atoms with Gasteiger partial charge in [-0.15, -0.1) is 11.3 Å². The van der Waals surface area contributed by atoms with Crippen LogP contribution in [0.1, 0.15) is 11.6 Å². The first-order valence-electron chi connectivity index (χ1n) is 8.52. The largest absolute Gasteiger partial charge is 0.338 e. The first-order chi connectivity index (χ1) is 14.2. The first-order valence-corrected chi connectivity index (χ1v) is 10.8. The zero-order chi connectivity index (χ0) is 20.1. The zero-order valence-corrected chi connectivity index (χ0v) is 17.3. The molecule has 146 valence electrons. The number of rotatable bonds is 7. The minimum Gasteiger partial charge on any atom is -0.338 e. The molecule has 10 heteroatoms. The average molecular weight is 444 g/mol. The summed E-state index contributed by atoms with van der Waals surface area (Å²) < 4.78 is 6.09. The third kappa shape index (κ3) is 5.41. The van der Waals surface area contributed by atoms with Crippen LogP contribution in [0.15, 0.2) is 62.9 Å². The van der Waals surface area contributed by atoms with Gasteiger partial charge >= 0.3 is 0 Å².